The average Bonchev–Trinajstić information content (AvgIpc) is 3.19. The number of carbonyl (C=O) groups is 1. The molecule has 3 N–H and O–H groups in total. The number of anilines is 1. The van der Waals surface area contributed by atoms with Crippen molar-refractivity contribution in [3.8, 4) is 11.4 Å². The van der Waals surface area contributed by atoms with Crippen molar-refractivity contribution in [2.45, 2.75) is 18.6 Å². The van der Waals surface area contributed by atoms with Crippen LogP contribution in [0.5, 0.6) is 0 Å². The van der Waals surface area contributed by atoms with Crippen LogP contribution in [0.15, 0.2) is 48.5 Å². The van der Waals surface area contributed by atoms with Crippen LogP contribution in [-0.2, 0) is 13.5 Å². The molecule has 0 radical (unpaired) electrons. The number of aromatic nitrogens is 4. The normalized spacial score (nSPS) is 18.4. The molecule has 8 nitrogen and oxygen atoms in total. The molecule has 8 heteroatoms. The highest BCUT2D eigenvalue weighted by molar-refractivity contribution is 5.90. The molecule has 2 atom stereocenters. The molecule has 2 aromatic carbocycles. The minimum atomic E-state index is -0.630. The summed E-state index contributed by atoms with van der Waals surface area (Å²) >= 11 is 0. The standard InChI is InChI=1S/C18H18N6O2/c1-24-17(21-22-23-24)12-6-4-7-13(9-12)19-18(26)20-16-14-8-3-2-5-11(14)10-15(16)25/h2-9,15-16,25H,10H2,1H3,(H2,19,20,26)/t15-,16+/m0/s1. The molecule has 0 aliphatic heterocycles. The number of carbonyl (C=O) groups excluding carboxylic acids is 1. The van der Waals surface area contributed by atoms with Crippen molar-refractivity contribution in [2.75, 3.05) is 5.32 Å². The topological polar surface area (TPSA) is 105 Å². The van der Waals surface area contributed by atoms with Crippen LogP contribution < -0.4 is 10.6 Å². The largest absolute Gasteiger partial charge is 0.390 e. The minimum absolute atomic E-state index is 0.376. The van der Waals surface area contributed by atoms with E-state index in [9.17, 15) is 9.90 Å². The molecule has 1 aromatic heterocycles. The Bertz CT molecular complexity index is 954. The van der Waals surface area contributed by atoms with Gasteiger partial charge >= 0.3 is 6.03 Å². The summed E-state index contributed by atoms with van der Waals surface area (Å²) < 4.78 is 1.56. The third-order valence-electron chi connectivity index (χ3n) is 4.49. The monoisotopic (exact) mass is 350 g/mol. The Balaban J connectivity index is 1.48. The molecule has 0 saturated heterocycles. The van der Waals surface area contributed by atoms with Crippen molar-refractivity contribution in [1.29, 1.82) is 0 Å². The quantitative estimate of drug-likeness (QED) is 0.666. The van der Waals surface area contributed by atoms with Gasteiger partial charge in [-0.15, -0.1) is 5.10 Å². The zero-order valence-electron chi connectivity index (χ0n) is 14.1. The molecule has 0 unspecified atom stereocenters. The van der Waals surface area contributed by atoms with Gasteiger partial charge in [0.25, 0.3) is 0 Å². The Kier molecular flexibility index (Phi) is 4.10. The molecular formula is C18H18N6O2. The molecule has 1 heterocycles. The van der Waals surface area contributed by atoms with Crippen LogP contribution in [0, 0.1) is 0 Å². The van der Waals surface area contributed by atoms with Crippen LogP contribution in [0.25, 0.3) is 11.4 Å². The Morgan fingerprint density at radius 2 is 2.08 bits per heavy atom. The van der Waals surface area contributed by atoms with E-state index in [1.807, 2.05) is 36.4 Å². The molecule has 26 heavy (non-hydrogen) atoms. The number of aliphatic hydroxyl groups is 1. The Labute approximate surface area is 149 Å². The zero-order chi connectivity index (χ0) is 18.1. The number of nitrogens with zero attached hydrogens (tertiary/aromatic N) is 4. The SMILES string of the molecule is Cn1nnnc1-c1cccc(NC(=O)N[C@@H]2c3ccccc3C[C@@H]2O)c1. The lowest BCUT2D eigenvalue weighted by atomic mass is 10.1. The first-order valence-corrected chi connectivity index (χ1v) is 8.28. The summed E-state index contributed by atoms with van der Waals surface area (Å²) in [6.07, 6.45) is -0.0929. The highest BCUT2D eigenvalue weighted by Gasteiger charge is 2.31. The number of aryl methyl sites for hydroxylation is 1. The Morgan fingerprint density at radius 3 is 2.88 bits per heavy atom. The lowest BCUT2D eigenvalue weighted by molar-refractivity contribution is 0.144. The average molecular weight is 350 g/mol. The molecule has 0 saturated carbocycles. The fraction of sp³-hybridized carbons (Fsp3) is 0.222. The van der Waals surface area contributed by atoms with Gasteiger partial charge in [-0.1, -0.05) is 36.4 Å². The van der Waals surface area contributed by atoms with Crippen LogP contribution in [0.2, 0.25) is 0 Å². The summed E-state index contributed by atoms with van der Waals surface area (Å²) in [7, 11) is 1.75. The van der Waals surface area contributed by atoms with Gasteiger partial charge in [0.15, 0.2) is 5.82 Å². The second-order valence-corrected chi connectivity index (χ2v) is 6.25. The van der Waals surface area contributed by atoms with Gasteiger partial charge in [0, 0.05) is 24.7 Å². The maximum atomic E-state index is 12.4. The van der Waals surface area contributed by atoms with Gasteiger partial charge in [-0.25, -0.2) is 9.48 Å². The fourth-order valence-corrected chi connectivity index (χ4v) is 3.27. The van der Waals surface area contributed by atoms with E-state index in [1.54, 1.807) is 23.9 Å². The van der Waals surface area contributed by atoms with Crippen molar-refractivity contribution in [3.63, 3.8) is 0 Å². The molecular weight excluding hydrogens is 332 g/mol. The number of fused-ring (bicyclic) bond motifs is 1. The minimum Gasteiger partial charge on any atom is -0.390 e. The van der Waals surface area contributed by atoms with Gasteiger partial charge in [-0.05, 0) is 33.7 Å². The number of tetrazole rings is 1. The van der Waals surface area contributed by atoms with E-state index < -0.39 is 12.1 Å². The smallest absolute Gasteiger partial charge is 0.319 e. The molecule has 0 spiro atoms. The second kappa shape index (κ2) is 6.57. The number of benzene rings is 2. The number of amides is 2. The van der Waals surface area contributed by atoms with Gasteiger partial charge in [0.05, 0.1) is 12.1 Å². The van der Waals surface area contributed by atoms with Gasteiger partial charge in [-0.3, -0.25) is 0 Å². The van der Waals surface area contributed by atoms with E-state index in [-0.39, 0.29) is 6.03 Å². The van der Waals surface area contributed by atoms with Crippen LogP contribution in [-0.4, -0.2) is 37.4 Å². The van der Waals surface area contributed by atoms with Crippen LogP contribution >= 0.6 is 0 Å². The summed E-state index contributed by atoms with van der Waals surface area (Å²) in [6, 6.07) is 14.2. The van der Waals surface area contributed by atoms with E-state index in [0.29, 0.717) is 17.9 Å². The van der Waals surface area contributed by atoms with E-state index in [2.05, 4.69) is 26.2 Å². The maximum Gasteiger partial charge on any atom is 0.319 e. The van der Waals surface area contributed by atoms with Gasteiger partial charge in [-0.2, -0.15) is 0 Å². The zero-order valence-corrected chi connectivity index (χ0v) is 14.1. The van der Waals surface area contributed by atoms with E-state index in [1.165, 1.54) is 0 Å². The first-order valence-electron chi connectivity index (χ1n) is 8.28. The van der Waals surface area contributed by atoms with Crippen molar-refractivity contribution in [3.05, 3.63) is 59.7 Å². The summed E-state index contributed by atoms with van der Waals surface area (Å²) in [5, 5.41) is 27.3. The number of hydrogen-bond donors (Lipinski definition) is 3. The summed E-state index contributed by atoms with van der Waals surface area (Å²) in [6.45, 7) is 0. The Hall–Kier alpha value is -3.26. The van der Waals surface area contributed by atoms with Crippen LogP contribution in [0.1, 0.15) is 17.2 Å². The number of nitrogens with one attached hydrogen (secondary N) is 2. The summed E-state index contributed by atoms with van der Waals surface area (Å²) in [4.78, 5) is 12.4. The highest BCUT2D eigenvalue weighted by atomic mass is 16.3. The molecule has 0 bridgehead atoms. The predicted octanol–water partition coefficient (Wildman–Crippen LogP) is 1.66. The number of urea groups is 1. The van der Waals surface area contributed by atoms with Crippen LogP contribution in [0.4, 0.5) is 10.5 Å². The molecule has 132 valence electrons. The van der Waals surface area contributed by atoms with Gasteiger partial charge < -0.3 is 15.7 Å². The molecule has 1 aliphatic carbocycles. The van der Waals surface area contributed by atoms with Crippen molar-refractivity contribution >= 4 is 11.7 Å². The molecule has 1 aliphatic rings. The molecule has 4 rings (SSSR count). The number of rotatable bonds is 3. The van der Waals surface area contributed by atoms with Crippen molar-refractivity contribution in [2.24, 2.45) is 7.05 Å². The third-order valence-corrected chi connectivity index (χ3v) is 4.49. The fourth-order valence-electron chi connectivity index (χ4n) is 3.27. The van der Waals surface area contributed by atoms with E-state index >= 15 is 0 Å². The van der Waals surface area contributed by atoms with Crippen LogP contribution in [0.3, 0.4) is 0 Å². The van der Waals surface area contributed by atoms with E-state index in [0.717, 1.165) is 16.7 Å². The maximum absolute atomic E-state index is 12.4. The van der Waals surface area contributed by atoms with Gasteiger partial charge in [0.2, 0.25) is 0 Å². The number of hydrogen-bond acceptors (Lipinski definition) is 5. The van der Waals surface area contributed by atoms with Crippen molar-refractivity contribution < 1.29 is 9.90 Å². The molecule has 3 aromatic rings. The highest BCUT2D eigenvalue weighted by Crippen LogP contribution is 2.31. The third kappa shape index (κ3) is 3.02. The molecule has 2 amide bonds. The first-order chi connectivity index (χ1) is 12.6. The molecule has 0 fully saturated rings. The number of aliphatic hydroxyl groups excluding tert-OH is 1. The lowest BCUT2D eigenvalue weighted by Crippen LogP contribution is -2.36. The van der Waals surface area contributed by atoms with Gasteiger partial charge in [0.1, 0.15) is 0 Å². The van der Waals surface area contributed by atoms with Crippen molar-refractivity contribution in [1.82, 2.24) is 25.5 Å². The first kappa shape index (κ1) is 16.2. The second-order valence-electron chi connectivity index (χ2n) is 6.25. The predicted molar refractivity (Wildman–Crippen MR) is 95.3 cm³/mol. The summed E-state index contributed by atoms with van der Waals surface area (Å²) in [5.41, 5.74) is 3.42. The Morgan fingerprint density at radius 1 is 1.23 bits per heavy atom. The summed E-state index contributed by atoms with van der Waals surface area (Å²) in [5.74, 6) is 0.606. The lowest BCUT2D eigenvalue weighted by Gasteiger charge is -2.18. The van der Waals surface area contributed by atoms with E-state index in [4.69, 9.17) is 0 Å².